The first-order chi connectivity index (χ1) is 9.23. The van der Waals surface area contributed by atoms with Gasteiger partial charge in [0.2, 0.25) is 0 Å². The molecule has 1 aliphatic rings. The van der Waals surface area contributed by atoms with Gasteiger partial charge in [-0.3, -0.25) is 4.79 Å². The van der Waals surface area contributed by atoms with Crippen LogP contribution in [0.25, 0.3) is 0 Å². The second kappa shape index (κ2) is 5.09. The molecule has 6 heteroatoms. The van der Waals surface area contributed by atoms with Gasteiger partial charge < -0.3 is 10.0 Å². The van der Waals surface area contributed by atoms with Crippen LogP contribution in [0.4, 0.5) is 13.2 Å². The van der Waals surface area contributed by atoms with Crippen molar-refractivity contribution in [2.45, 2.75) is 31.5 Å². The Hall–Kier alpha value is -1.56. The number of rotatable bonds is 1. The van der Waals surface area contributed by atoms with Gasteiger partial charge in [-0.05, 0) is 19.1 Å². The first-order valence-corrected chi connectivity index (χ1v) is 6.38. The number of alkyl halides is 3. The Kier molecular flexibility index (Phi) is 3.77. The summed E-state index contributed by atoms with van der Waals surface area (Å²) in [5, 5.41) is 9.56. The van der Waals surface area contributed by atoms with Gasteiger partial charge in [0, 0.05) is 31.5 Å². The van der Waals surface area contributed by atoms with E-state index in [-0.39, 0.29) is 19.0 Å². The average molecular weight is 287 g/mol. The lowest BCUT2D eigenvalue weighted by atomic mass is 9.90. The Morgan fingerprint density at radius 1 is 1.30 bits per heavy atom. The summed E-state index contributed by atoms with van der Waals surface area (Å²) in [6, 6.07) is 6.92. The number of carbonyl (C=O) groups excluding carboxylic acids is 1. The number of benzene rings is 1. The first kappa shape index (κ1) is 14.8. The molecule has 0 atom stereocenters. The maximum atomic E-state index is 12.7. The van der Waals surface area contributed by atoms with Crippen LogP contribution in [0.3, 0.4) is 0 Å². The first-order valence-electron chi connectivity index (χ1n) is 6.38. The van der Waals surface area contributed by atoms with Gasteiger partial charge in [0.1, 0.15) is 0 Å². The molecule has 0 saturated carbocycles. The summed E-state index contributed by atoms with van der Waals surface area (Å²) >= 11 is 0. The molecule has 0 spiro atoms. The molecule has 1 fully saturated rings. The van der Waals surface area contributed by atoms with Crippen LogP contribution in [0, 0.1) is 6.92 Å². The van der Waals surface area contributed by atoms with Gasteiger partial charge in [0.05, 0.1) is 0 Å². The Morgan fingerprint density at radius 2 is 1.90 bits per heavy atom. The van der Waals surface area contributed by atoms with Crippen LogP contribution in [-0.2, 0) is 0 Å². The maximum Gasteiger partial charge on any atom is 0.417 e. The number of hydrogen-bond donors (Lipinski definition) is 1. The number of carbonyl (C=O) groups is 1. The molecule has 1 heterocycles. The highest BCUT2D eigenvalue weighted by atomic mass is 19.4. The summed E-state index contributed by atoms with van der Waals surface area (Å²) in [5.74, 6) is -0.294. The molecule has 0 bridgehead atoms. The number of aliphatic hydroxyl groups is 1. The monoisotopic (exact) mass is 287 g/mol. The molecule has 0 aromatic heterocycles. The minimum Gasteiger partial charge on any atom is -0.380 e. The molecule has 2 rings (SSSR count). The lowest BCUT2D eigenvalue weighted by Gasteiger charge is -2.39. The van der Waals surface area contributed by atoms with Gasteiger partial charge in [-0.1, -0.05) is 17.7 Å². The lowest BCUT2D eigenvalue weighted by molar-refractivity contribution is -0.271. The SMILES string of the molecule is Cc1cccc(C(=O)N2CCC(O)(C(F)(F)F)CC2)c1. The Bertz CT molecular complexity index is 505. The molecule has 0 radical (unpaired) electrons. The Balaban J connectivity index is 2.06. The van der Waals surface area contributed by atoms with Gasteiger partial charge in [0.15, 0.2) is 5.60 Å². The Morgan fingerprint density at radius 3 is 2.40 bits per heavy atom. The number of aryl methyl sites for hydroxylation is 1. The third kappa shape index (κ3) is 2.80. The molecule has 1 saturated heterocycles. The highest BCUT2D eigenvalue weighted by molar-refractivity contribution is 5.94. The zero-order chi connectivity index (χ0) is 15.0. The number of piperidine rings is 1. The van der Waals surface area contributed by atoms with E-state index in [9.17, 15) is 23.1 Å². The van der Waals surface area contributed by atoms with Crippen LogP contribution in [0.1, 0.15) is 28.8 Å². The van der Waals surface area contributed by atoms with E-state index in [0.29, 0.717) is 5.56 Å². The minimum absolute atomic E-state index is 0.0945. The van der Waals surface area contributed by atoms with E-state index in [1.807, 2.05) is 13.0 Å². The molecule has 0 unspecified atom stereocenters. The van der Waals surface area contributed by atoms with Gasteiger partial charge in [-0.25, -0.2) is 0 Å². The van der Waals surface area contributed by atoms with Crippen LogP contribution < -0.4 is 0 Å². The van der Waals surface area contributed by atoms with Crippen LogP contribution >= 0.6 is 0 Å². The second-order valence-corrected chi connectivity index (χ2v) is 5.19. The summed E-state index contributed by atoms with van der Waals surface area (Å²) in [5.41, 5.74) is -1.29. The van der Waals surface area contributed by atoms with Crippen LogP contribution in [0.15, 0.2) is 24.3 Å². The number of hydrogen-bond acceptors (Lipinski definition) is 2. The minimum atomic E-state index is -4.65. The topological polar surface area (TPSA) is 40.5 Å². The summed E-state index contributed by atoms with van der Waals surface area (Å²) in [6.45, 7) is 1.65. The van der Waals surface area contributed by atoms with Crippen molar-refractivity contribution in [3.05, 3.63) is 35.4 Å². The van der Waals surface area contributed by atoms with Crippen molar-refractivity contribution in [3.63, 3.8) is 0 Å². The standard InChI is InChI=1S/C14H16F3NO2/c1-10-3-2-4-11(9-10)12(19)18-7-5-13(20,6-8-18)14(15,16)17/h2-4,9,20H,5-8H2,1H3. The van der Waals surface area contributed by atoms with Crippen LogP contribution in [0.5, 0.6) is 0 Å². The van der Waals surface area contributed by atoms with E-state index < -0.39 is 24.6 Å². The molecule has 1 amide bonds. The zero-order valence-electron chi connectivity index (χ0n) is 11.1. The molecular formula is C14H16F3NO2. The summed E-state index contributed by atoms with van der Waals surface area (Å²) < 4.78 is 38.0. The van der Waals surface area contributed by atoms with E-state index >= 15 is 0 Å². The fraction of sp³-hybridized carbons (Fsp3) is 0.500. The van der Waals surface area contributed by atoms with Gasteiger partial charge in [-0.2, -0.15) is 13.2 Å². The van der Waals surface area contributed by atoms with Crippen LogP contribution in [-0.4, -0.2) is 40.8 Å². The molecule has 3 nitrogen and oxygen atoms in total. The molecule has 1 aromatic carbocycles. The van der Waals surface area contributed by atoms with Gasteiger partial charge in [0.25, 0.3) is 5.91 Å². The van der Waals surface area contributed by atoms with E-state index in [2.05, 4.69) is 0 Å². The summed E-state index contributed by atoms with van der Waals surface area (Å²) in [7, 11) is 0. The van der Waals surface area contributed by atoms with Gasteiger partial charge in [-0.15, -0.1) is 0 Å². The number of likely N-dealkylation sites (tertiary alicyclic amines) is 1. The second-order valence-electron chi connectivity index (χ2n) is 5.19. The largest absolute Gasteiger partial charge is 0.417 e. The van der Waals surface area contributed by atoms with Crippen molar-refractivity contribution in [2.75, 3.05) is 13.1 Å². The van der Waals surface area contributed by atoms with Crippen molar-refractivity contribution in [1.82, 2.24) is 4.90 Å². The highest BCUT2D eigenvalue weighted by Gasteiger charge is 2.54. The predicted octanol–water partition coefficient (Wildman–Crippen LogP) is 2.52. The fourth-order valence-electron chi connectivity index (χ4n) is 2.32. The fourth-order valence-corrected chi connectivity index (χ4v) is 2.32. The van der Waals surface area contributed by atoms with Crippen molar-refractivity contribution in [3.8, 4) is 0 Å². The molecule has 1 aliphatic heterocycles. The molecule has 1 aromatic rings. The molecular weight excluding hydrogens is 271 g/mol. The lowest BCUT2D eigenvalue weighted by Crippen LogP contribution is -2.54. The molecule has 20 heavy (non-hydrogen) atoms. The van der Waals surface area contributed by atoms with Crippen molar-refractivity contribution in [2.24, 2.45) is 0 Å². The highest BCUT2D eigenvalue weighted by Crippen LogP contribution is 2.38. The third-order valence-corrected chi connectivity index (χ3v) is 3.67. The predicted molar refractivity (Wildman–Crippen MR) is 67.3 cm³/mol. The van der Waals surface area contributed by atoms with Crippen molar-refractivity contribution >= 4 is 5.91 Å². The van der Waals surface area contributed by atoms with Crippen LogP contribution in [0.2, 0.25) is 0 Å². The number of nitrogens with zero attached hydrogens (tertiary/aromatic N) is 1. The Labute approximate surface area is 115 Å². The normalized spacial score (nSPS) is 18.9. The molecule has 0 aliphatic carbocycles. The maximum absolute atomic E-state index is 12.7. The smallest absolute Gasteiger partial charge is 0.380 e. The summed E-state index contributed by atoms with van der Waals surface area (Å²) in [4.78, 5) is 13.5. The van der Waals surface area contributed by atoms with E-state index in [0.717, 1.165) is 5.56 Å². The zero-order valence-corrected chi connectivity index (χ0v) is 11.1. The molecule has 1 N–H and O–H groups in total. The van der Waals surface area contributed by atoms with E-state index in [4.69, 9.17) is 0 Å². The van der Waals surface area contributed by atoms with Gasteiger partial charge >= 0.3 is 6.18 Å². The van der Waals surface area contributed by atoms with E-state index in [1.165, 1.54) is 4.90 Å². The average Bonchev–Trinajstić information content (AvgIpc) is 2.37. The molecule has 110 valence electrons. The number of halogens is 3. The van der Waals surface area contributed by atoms with E-state index in [1.54, 1.807) is 18.2 Å². The van der Waals surface area contributed by atoms with Crippen molar-refractivity contribution < 1.29 is 23.1 Å². The third-order valence-electron chi connectivity index (χ3n) is 3.67. The van der Waals surface area contributed by atoms with Crippen molar-refractivity contribution in [1.29, 1.82) is 0 Å². The number of amides is 1. The quantitative estimate of drug-likeness (QED) is 0.862. The summed E-state index contributed by atoms with van der Waals surface area (Å²) in [6.07, 6.45) is -5.60.